The van der Waals surface area contributed by atoms with Crippen LogP contribution in [0.4, 0.5) is 15.8 Å². The number of halogens is 2. The van der Waals surface area contributed by atoms with E-state index in [1.165, 1.54) is 12.1 Å². The zero-order valence-electron chi connectivity index (χ0n) is 11.9. The third-order valence-electron chi connectivity index (χ3n) is 3.36. The molecule has 0 aliphatic carbocycles. The van der Waals surface area contributed by atoms with Gasteiger partial charge in [-0.1, -0.05) is 6.92 Å². The fourth-order valence-electron chi connectivity index (χ4n) is 2.28. The molecule has 1 heterocycles. The summed E-state index contributed by atoms with van der Waals surface area (Å²) in [6.07, 6.45) is 0.856. The highest BCUT2D eigenvalue weighted by molar-refractivity contribution is 9.10. The van der Waals surface area contributed by atoms with Crippen LogP contribution in [-0.2, 0) is 9.53 Å². The van der Waals surface area contributed by atoms with E-state index in [0.29, 0.717) is 35.5 Å². The van der Waals surface area contributed by atoms with Crippen molar-refractivity contribution < 1.29 is 13.9 Å². The Morgan fingerprint density at radius 3 is 3.10 bits per heavy atom. The summed E-state index contributed by atoms with van der Waals surface area (Å²) in [7, 11) is 0. The van der Waals surface area contributed by atoms with Gasteiger partial charge in [0.15, 0.2) is 0 Å². The summed E-state index contributed by atoms with van der Waals surface area (Å²) in [6.45, 7) is 3.84. The predicted molar refractivity (Wildman–Crippen MR) is 83.8 cm³/mol. The lowest BCUT2D eigenvalue weighted by molar-refractivity contribution is -0.124. The molecule has 0 bridgehead atoms. The number of hydrogen-bond acceptors (Lipinski definition) is 4. The van der Waals surface area contributed by atoms with Gasteiger partial charge in [0.2, 0.25) is 5.91 Å². The number of nitrogen functional groups attached to an aromatic ring is 1. The minimum atomic E-state index is -0.492. The molecule has 0 radical (unpaired) electrons. The summed E-state index contributed by atoms with van der Waals surface area (Å²) >= 11 is 3.10. The molecule has 0 saturated carbocycles. The Balaban J connectivity index is 2.26. The Morgan fingerprint density at radius 2 is 2.38 bits per heavy atom. The highest BCUT2D eigenvalue weighted by Crippen LogP contribution is 2.31. The summed E-state index contributed by atoms with van der Waals surface area (Å²) in [6, 6.07) is 2.37. The van der Waals surface area contributed by atoms with Crippen molar-refractivity contribution in [3.63, 3.8) is 0 Å². The topological polar surface area (TPSA) is 67.6 Å². The third-order valence-corrected chi connectivity index (χ3v) is 3.97. The molecular formula is C14H19BrFN3O2. The fraction of sp³-hybridized carbons (Fsp3) is 0.500. The SMILES string of the molecule is CCCNC(=O)C1COCCN1c1cc(F)c(Br)cc1N. The van der Waals surface area contributed by atoms with Crippen molar-refractivity contribution >= 4 is 33.2 Å². The average molecular weight is 360 g/mol. The normalized spacial score (nSPS) is 18.6. The number of nitrogens with one attached hydrogen (secondary N) is 1. The van der Waals surface area contributed by atoms with E-state index in [9.17, 15) is 9.18 Å². The van der Waals surface area contributed by atoms with E-state index >= 15 is 0 Å². The summed E-state index contributed by atoms with van der Waals surface area (Å²) in [5, 5.41) is 2.84. The van der Waals surface area contributed by atoms with Gasteiger partial charge in [-0.15, -0.1) is 0 Å². The van der Waals surface area contributed by atoms with Gasteiger partial charge in [0.1, 0.15) is 11.9 Å². The second kappa shape index (κ2) is 7.09. The van der Waals surface area contributed by atoms with Crippen LogP contribution < -0.4 is 16.0 Å². The minimum absolute atomic E-state index is 0.126. The third kappa shape index (κ3) is 3.65. The molecule has 7 heteroatoms. The van der Waals surface area contributed by atoms with Crippen molar-refractivity contribution in [2.45, 2.75) is 19.4 Å². The van der Waals surface area contributed by atoms with E-state index in [2.05, 4.69) is 21.2 Å². The lowest BCUT2D eigenvalue weighted by Crippen LogP contribution is -2.54. The molecule has 3 N–H and O–H groups in total. The van der Waals surface area contributed by atoms with Crippen LogP contribution in [0.25, 0.3) is 0 Å². The Kier molecular flexibility index (Phi) is 5.41. The summed E-state index contributed by atoms with van der Waals surface area (Å²) < 4.78 is 19.5. The van der Waals surface area contributed by atoms with Crippen LogP contribution >= 0.6 is 15.9 Å². The average Bonchev–Trinajstić information content (AvgIpc) is 2.48. The molecule has 1 atom stereocenters. The van der Waals surface area contributed by atoms with Crippen molar-refractivity contribution in [3.05, 3.63) is 22.4 Å². The van der Waals surface area contributed by atoms with Crippen molar-refractivity contribution in [3.8, 4) is 0 Å². The first-order valence-electron chi connectivity index (χ1n) is 6.91. The largest absolute Gasteiger partial charge is 0.397 e. The van der Waals surface area contributed by atoms with Crippen molar-refractivity contribution in [1.29, 1.82) is 0 Å². The number of amides is 1. The van der Waals surface area contributed by atoms with Crippen molar-refractivity contribution in [1.82, 2.24) is 5.32 Å². The maximum atomic E-state index is 13.8. The predicted octanol–water partition coefficient (Wildman–Crippen LogP) is 1.90. The highest BCUT2D eigenvalue weighted by atomic mass is 79.9. The van der Waals surface area contributed by atoms with Gasteiger partial charge in [-0.2, -0.15) is 0 Å². The molecule has 0 spiro atoms. The number of rotatable bonds is 4. The maximum Gasteiger partial charge on any atom is 0.245 e. The summed E-state index contributed by atoms with van der Waals surface area (Å²) in [4.78, 5) is 14.0. The molecule has 5 nitrogen and oxygen atoms in total. The highest BCUT2D eigenvalue weighted by Gasteiger charge is 2.30. The van der Waals surface area contributed by atoms with Gasteiger partial charge in [-0.25, -0.2) is 4.39 Å². The number of morpholine rings is 1. The van der Waals surface area contributed by atoms with Crippen LogP contribution in [0.1, 0.15) is 13.3 Å². The quantitative estimate of drug-likeness (QED) is 0.805. The van der Waals surface area contributed by atoms with E-state index < -0.39 is 11.9 Å². The molecule has 1 aromatic carbocycles. The second-order valence-electron chi connectivity index (χ2n) is 4.90. The molecule has 2 rings (SSSR count). The van der Waals surface area contributed by atoms with Gasteiger partial charge in [-0.3, -0.25) is 4.79 Å². The van der Waals surface area contributed by atoms with E-state index in [1.807, 2.05) is 6.92 Å². The zero-order chi connectivity index (χ0) is 15.4. The number of carbonyl (C=O) groups excluding carboxylic acids is 1. The number of nitrogens with zero attached hydrogens (tertiary/aromatic N) is 1. The van der Waals surface area contributed by atoms with Gasteiger partial charge in [0.05, 0.1) is 29.1 Å². The first kappa shape index (κ1) is 16.0. The van der Waals surface area contributed by atoms with Crippen molar-refractivity contribution in [2.24, 2.45) is 0 Å². The molecule has 1 saturated heterocycles. The number of carbonyl (C=O) groups is 1. The Hall–Kier alpha value is -1.34. The molecule has 1 amide bonds. The number of anilines is 2. The molecule has 1 aromatic rings. The summed E-state index contributed by atoms with van der Waals surface area (Å²) in [5.41, 5.74) is 6.93. The standard InChI is InChI=1S/C14H19BrFN3O2/c1-2-3-18-14(20)13-8-21-5-4-19(13)12-7-10(16)9(15)6-11(12)17/h6-7,13H,2-5,8,17H2,1H3,(H,18,20). The number of ether oxygens (including phenoxy) is 1. The van der Waals surface area contributed by atoms with Crippen LogP contribution in [0, 0.1) is 5.82 Å². The monoisotopic (exact) mass is 359 g/mol. The summed E-state index contributed by atoms with van der Waals surface area (Å²) in [5.74, 6) is -0.530. The number of nitrogens with two attached hydrogens (primary N) is 1. The van der Waals surface area contributed by atoms with Crippen molar-refractivity contribution in [2.75, 3.05) is 36.9 Å². The molecule has 21 heavy (non-hydrogen) atoms. The molecule has 116 valence electrons. The van der Waals surface area contributed by atoms with E-state index in [-0.39, 0.29) is 12.5 Å². The lowest BCUT2D eigenvalue weighted by Gasteiger charge is -2.37. The fourth-order valence-corrected chi connectivity index (χ4v) is 2.64. The van der Waals surface area contributed by atoms with Gasteiger partial charge < -0.3 is 20.7 Å². The van der Waals surface area contributed by atoms with Crippen LogP contribution in [0.15, 0.2) is 16.6 Å². The molecule has 1 aliphatic heterocycles. The second-order valence-corrected chi connectivity index (χ2v) is 5.75. The molecule has 1 aliphatic rings. The molecule has 1 unspecified atom stereocenters. The molecule has 1 fully saturated rings. The lowest BCUT2D eigenvalue weighted by atomic mass is 10.1. The van der Waals surface area contributed by atoms with E-state index in [4.69, 9.17) is 10.5 Å². The smallest absolute Gasteiger partial charge is 0.245 e. The minimum Gasteiger partial charge on any atom is -0.397 e. The molecule has 0 aromatic heterocycles. The van der Waals surface area contributed by atoms with Crippen LogP contribution in [0.5, 0.6) is 0 Å². The van der Waals surface area contributed by atoms with Crippen LogP contribution in [0.2, 0.25) is 0 Å². The van der Waals surface area contributed by atoms with E-state index in [0.717, 1.165) is 6.42 Å². The first-order valence-corrected chi connectivity index (χ1v) is 7.70. The maximum absolute atomic E-state index is 13.8. The van der Waals surface area contributed by atoms with E-state index in [1.54, 1.807) is 4.90 Å². The zero-order valence-corrected chi connectivity index (χ0v) is 13.5. The van der Waals surface area contributed by atoms with Gasteiger partial charge in [0.25, 0.3) is 0 Å². The Morgan fingerprint density at radius 1 is 1.62 bits per heavy atom. The van der Waals surface area contributed by atoms with Gasteiger partial charge in [0, 0.05) is 19.2 Å². The number of hydrogen-bond donors (Lipinski definition) is 2. The molecular weight excluding hydrogens is 341 g/mol. The van der Waals surface area contributed by atoms with Gasteiger partial charge >= 0.3 is 0 Å². The van der Waals surface area contributed by atoms with Gasteiger partial charge in [-0.05, 0) is 28.4 Å². The number of benzene rings is 1. The Bertz CT molecular complexity index is 527. The van der Waals surface area contributed by atoms with Crippen LogP contribution in [-0.4, -0.2) is 38.3 Å². The Labute approximate surface area is 131 Å². The van der Waals surface area contributed by atoms with Crippen LogP contribution in [0.3, 0.4) is 0 Å². The first-order chi connectivity index (χ1) is 10.0.